The highest BCUT2D eigenvalue weighted by atomic mass is 19.1. The van der Waals surface area contributed by atoms with E-state index in [4.69, 9.17) is 4.74 Å². The van der Waals surface area contributed by atoms with Crippen molar-refractivity contribution in [1.29, 1.82) is 0 Å². The summed E-state index contributed by atoms with van der Waals surface area (Å²) in [7, 11) is 3.06. The van der Waals surface area contributed by atoms with Crippen LogP contribution < -0.4 is 5.32 Å². The van der Waals surface area contributed by atoms with E-state index in [-0.39, 0.29) is 11.7 Å². The number of halogens is 1. The molecule has 1 N–H and O–H groups in total. The number of hydrogen-bond acceptors (Lipinski definition) is 2. The Hall–Kier alpha value is -1.84. The number of carbonyl (C=O) groups is 1. The lowest BCUT2D eigenvalue weighted by molar-refractivity contribution is -0.117. The molecule has 0 aliphatic carbocycles. The van der Waals surface area contributed by atoms with Crippen LogP contribution in [0.25, 0.3) is 5.76 Å². The molecular weight excluding hydrogens is 221 g/mol. The van der Waals surface area contributed by atoms with Gasteiger partial charge in [-0.3, -0.25) is 4.79 Å². The van der Waals surface area contributed by atoms with Crippen LogP contribution in [0.4, 0.5) is 4.39 Å². The number of ether oxygens (including phenoxy) is 1. The third kappa shape index (κ3) is 3.06. The predicted molar refractivity (Wildman–Crippen MR) is 64.7 cm³/mol. The van der Waals surface area contributed by atoms with E-state index in [1.54, 1.807) is 19.2 Å². The number of methoxy groups -OCH3 is 1. The van der Waals surface area contributed by atoms with Crippen LogP contribution in [0.2, 0.25) is 0 Å². The Balaban J connectivity index is 3.24. The molecule has 0 bridgehead atoms. The summed E-state index contributed by atoms with van der Waals surface area (Å²) in [6.07, 6.45) is 0.542. The van der Waals surface area contributed by atoms with Gasteiger partial charge in [0.1, 0.15) is 11.6 Å². The van der Waals surface area contributed by atoms with Crippen LogP contribution in [-0.2, 0) is 9.53 Å². The Morgan fingerprint density at radius 2 is 1.94 bits per heavy atom. The Kier molecular flexibility index (Phi) is 4.69. The quantitative estimate of drug-likeness (QED) is 0.644. The molecule has 1 aromatic carbocycles. The largest absolute Gasteiger partial charge is 0.496 e. The Labute approximate surface area is 100 Å². The summed E-state index contributed by atoms with van der Waals surface area (Å²) in [5.74, 6) is -0.0253. The van der Waals surface area contributed by atoms with E-state index in [1.807, 2.05) is 6.92 Å². The van der Waals surface area contributed by atoms with Crippen molar-refractivity contribution in [3.63, 3.8) is 0 Å². The van der Waals surface area contributed by atoms with Gasteiger partial charge < -0.3 is 10.1 Å². The summed E-state index contributed by atoms with van der Waals surface area (Å²) < 4.78 is 18.1. The highest BCUT2D eigenvalue weighted by Crippen LogP contribution is 2.22. The lowest BCUT2D eigenvalue weighted by Gasteiger charge is -2.12. The zero-order valence-electron chi connectivity index (χ0n) is 10.2. The molecule has 92 valence electrons. The number of benzene rings is 1. The van der Waals surface area contributed by atoms with E-state index in [2.05, 4.69) is 5.32 Å². The number of amides is 1. The lowest BCUT2D eigenvalue weighted by Crippen LogP contribution is -2.21. The number of rotatable bonds is 4. The molecule has 0 aliphatic heterocycles. The van der Waals surface area contributed by atoms with Gasteiger partial charge in [0.15, 0.2) is 0 Å². The molecule has 1 amide bonds. The third-order valence-corrected chi connectivity index (χ3v) is 2.44. The van der Waals surface area contributed by atoms with Gasteiger partial charge in [-0.05, 0) is 30.7 Å². The van der Waals surface area contributed by atoms with Crippen LogP contribution in [0.3, 0.4) is 0 Å². The molecule has 0 radical (unpaired) electrons. The highest BCUT2D eigenvalue weighted by molar-refractivity contribution is 5.99. The van der Waals surface area contributed by atoms with Gasteiger partial charge in [-0.1, -0.05) is 6.92 Å². The van der Waals surface area contributed by atoms with Crippen molar-refractivity contribution in [3.8, 4) is 0 Å². The number of hydrogen-bond donors (Lipinski definition) is 1. The third-order valence-electron chi connectivity index (χ3n) is 2.44. The van der Waals surface area contributed by atoms with Crippen LogP contribution in [0.5, 0.6) is 0 Å². The molecule has 1 aromatic rings. The van der Waals surface area contributed by atoms with Gasteiger partial charge in [-0.25, -0.2) is 4.39 Å². The summed E-state index contributed by atoms with van der Waals surface area (Å²) >= 11 is 0. The van der Waals surface area contributed by atoms with Crippen molar-refractivity contribution in [2.75, 3.05) is 14.2 Å². The van der Waals surface area contributed by atoms with Gasteiger partial charge >= 0.3 is 0 Å². The maximum Gasteiger partial charge on any atom is 0.250 e. The monoisotopic (exact) mass is 237 g/mol. The molecule has 0 aliphatic rings. The van der Waals surface area contributed by atoms with Crippen molar-refractivity contribution in [2.45, 2.75) is 13.3 Å². The van der Waals surface area contributed by atoms with Crippen LogP contribution in [-0.4, -0.2) is 20.1 Å². The molecule has 0 atom stereocenters. The summed E-state index contributed by atoms with van der Waals surface area (Å²) in [5, 5.41) is 2.56. The number of carbonyl (C=O) groups excluding carboxylic acids is 1. The molecular formula is C13H16FNO2. The van der Waals surface area contributed by atoms with E-state index in [9.17, 15) is 9.18 Å². The highest BCUT2D eigenvalue weighted by Gasteiger charge is 2.14. The number of nitrogens with one attached hydrogen (secondary N) is 1. The molecule has 0 saturated carbocycles. The molecule has 1 rings (SSSR count). The molecule has 0 heterocycles. The average molecular weight is 237 g/mol. The van der Waals surface area contributed by atoms with Crippen molar-refractivity contribution in [3.05, 3.63) is 41.2 Å². The molecule has 3 nitrogen and oxygen atoms in total. The molecule has 0 unspecified atom stereocenters. The van der Waals surface area contributed by atoms with E-state index in [1.165, 1.54) is 19.2 Å². The average Bonchev–Trinajstić information content (AvgIpc) is 2.36. The zero-order valence-corrected chi connectivity index (χ0v) is 10.2. The second-order valence-electron chi connectivity index (χ2n) is 3.45. The molecule has 4 heteroatoms. The second-order valence-corrected chi connectivity index (χ2v) is 3.45. The molecule has 17 heavy (non-hydrogen) atoms. The first-order valence-electron chi connectivity index (χ1n) is 5.39. The molecule has 0 fully saturated rings. The molecule has 0 saturated heterocycles. The zero-order chi connectivity index (χ0) is 12.8. The van der Waals surface area contributed by atoms with E-state index < -0.39 is 0 Å². The maximum atomic E-state index is 12.8. The van der Waals surface area contributed by atoms with Crippen LogP contribution >= 0.6 is 0 Å². The maximum absolute atomic E-state index is 12.8. The Morgan fingerprint density at radius 3 is 2.35 bits per heavy atom. The first kappa shape index (κ1) is 13.2. The standard InChI is InChI=1S/C13H16FNO2/c1-4-11(13(16)15-2)12(17-3)9-5-7-10(14)8-6-9/h5-8H,4H2,1-3H3,(H,15,16). The van der Waals surface area contributed by atoms with Gasteiger partial charge in [0.25, 0.3) is 5.91 Å². The van der Waals surface area contributed by atoms with Gasteiger partial charge in [-0.15, -0.1) is 0 Å². The van der Waals surface area contributed by atoms with Gasteiger partial charge in [0.05, 0.1) is 12.7 Å². The Bertz CT molecular complexity index is 424. The predicted octanol–water partition coefficient (Wildman–Crippen LogP) is 2.34. The summed E-state index contributed by atoms with van der Waals surface area (Å²) in [6, 6.07) is 5.86. The summed E-state index contributed by atoms with van der Waals surface area (Å²) in [5.41, 5.74) is 1.23. The van der Waals surface area contributed by atoms with Gasteiger partial charge in [-0.2, -0.15) is 0 Å². The van der Waals surface area contributed by atoms with Crippen LogP contribution in [0.15, 0.2) is 29.8 Å². The van der Waals surface area contributed by atoms with E-state index >= 15 is 0 Å². The Morgan fingerprint density at radius 1 is 1.35 bits per heavy atom. The fourth-order valence-electron chi connectivity index (χ4n) is 1.59. The fourth-order valence-corrected chi connectivity index (χ4v) is 1.59. The second kappa shape index (κ2) is 6.03. The fraction of sp³-hybridized carbons (Fsp3) is 0.308. The van der Waals surface area contributed by atoms with E-state index in [0.717, 1.165) is 0 Å². The first-order chi connectivity index (χ1) is 8.13. The topological polar surface area (TPSA) is 38.3 Å². The van der Waals surface area contributed by atoms with Crippen molar-refractivity contribution >= 4 is 11.7 Å². The van der Waals surface area contributed by atoms with Crippen LogP contribution in [0, 0.1) is 5.82 Å². The normalized spacial score (nSPS) is 11.8. The minimum Gasteiger partial charge on any atom is -0.496 e. The smallest absolute Gasteiger partial charge is 0.250 e. The lowest BCUT2D eigenvalue weighted by atomic mass is 10.1. The number of likely N-dealkylation sites (N-methyl/N-ethyl adjacent to an activating group) is 1. The minimum absolute atomic E-state index is 0.186. The summed E-state index contributed by atoms with van der Waals surface area (Å²) in [6.45, 7) is 1.87. The van der Waals surface area contributed by atoms with Crippen molar-refractivity contribution < 1.29 is 13.9 Å². The summed E-state index contributed by atoms with van der Waals surface area (Å²) in [4.78, 5) is 11.7. The first-order valence-corrected chi connectivity index (χ1v) is 5.39. The minimum atomic E-state index is -0.317. The molecule has 0 spiro atoms. The van der Waals surface area contributed by atoms with Gasteiger partial charge in [0, 0.05) is 12.6 Å². The van der Waals surface area contributed by atoms with Crippen molar-refractivity contribution in [1.82, 2.24) is 5.32 Å². The van der Waals surface area contributed by atoms with E-state index in [0.29, 0.717) is 23.3 Å². The van der Waals surface area contributed by atoms with Gasteiger partial charge in [0.2, 0.25) is 0 Å². The molecule has 0 aromatic heterocycles. The SMILES string of the molecule is CCC(C(=O)NC)=C(OC)c1ccc(F)cc1. The van der Waals surface area contributed by atoms with Crippen molar-refractivity contribution in [2.24, 2.45) is 0 Å². The van der Waals surface area contributed by atoms with Crippen LogP contribution in [0.1, 0.15) is 18.9 Å².